The second kappa shape index (κ2) is 5.22. The molecule has 0 radical (unpaired) electrons. The summed E-state index contributed by atoms with van der Waals surface area (Å²) in [6.45, 7) is 11.5. The van der Waals surface area contributed by atoms with Crippen LogP contribution in [0.5, 0.6) is 5.88 Å². The molecule has 20 heavy (non-hydrogen) atoms. The van der Waals surface area contributed by atoms with Crippen LogP contribution >= 0.6 is 0 Å². The molecule has 0 spiro atoms. The van der Waals surface area contributed by atoms with Crippen LogP contribution in [0.3, 0.4) is 0 Å². The molecule has 7 nitrogen and oxygen atoms in total. The van der Waals surface area contributed by atoms with Crippen molar-refractivity contribution in [2.75, 3.05) is 12.4 Å². The van der Waals surface area contributed by atoms with Crippen LogP contribution in [0, 0.1) is 10.1 Å². The maximum atomic E-state index is 11.3. The van der Waals surface area contributed by atoms with Crippen LogP contribution in [-0.2, 0) is 5.41 Å². The maximum Gasteiger partial charge on any atom is 0.372 e. The third-order valence-corrected chi connectivity index (χ3v) is 2.39. The zero-order valence-electron chi connectivity index (χ0n) is 13.1. The van der Waals surface area contributed by atoms with Crippen molar-refractivity contribution < 1.29 is 9.66 Å². The molecule has 1 rings (SSSR count). The van der Waals surface area contributed by atoms with Gasteiger partial charge in [0, 0.05) is 11.0 Å². The Morgan fingerprint density at radius 3 is 2.05 bits per heavy atom. The molecule has 0 saturated heterocycles. The third-order valence-electron chi connectivity index (χ3n) is 2.39. The van der Waals surface area contributed by atoms with E-state index in [0.29, 0.717) is 5.82 Å². The molecule has 0 amide bonds. The topological polar surface area (TPSA) is 90.2 Å². The second-order valence-corrected chi connectivity index (χ2v) is 6.64. The number of nitro groups is 1. The van der Waals surface area contributed by atoms with E-state index >= 15 is 0 Å². The van der Waals surface area contributed by atoms with Gasteiger partial charge < -0.3 is 10.1 Å². The highest BCUT2D eigenvalue weighted by Gasteiger charge is 2.31. The number of ether oxygens (including phenoxy) is 1. The Kier molecular flexibility index (Phi) is 4.21. The first-order valence-electron chi connectivity index (χ1n) is 6.35. The first-order valence-corrected chi connectivity index (χ1v) is 6.35. The van der Waals surface area contributed by atoms with Gasteiger partial charge in [-0.15, -0.1) is 0 Å². The summed E-state index contributed by atoms with van der Waals surface area (Å²) in [5.41, 5.74) is -0.939. The number of aromatic nitrogens is 2. The molecular weight excluding hydrogens is 260 g/mol. The fourth-order valence-corrected chi connectivity index (χ4v) is 1.52. The molecule has 7 heteroatoms. The summed E-state index contributed by atoms with van der Waals surface area (Å²) >= 11 is 0. The van der Waals surface area contributed by atoms with Crippen molar-refractivity contribution in [3.63, 3.8) is 0 Å². The van der Waals surface area contributed by atoms with E-state index in [-0.39, 0.29) is 28.3 Å². The molecule has 0 bridgehead atoms. The van der Waals surface area contributed by atoms with Crippen LogP contribution < -0.4 is 10.1 Å². The van der Waals surface area contributed by atoms with Crippen molar-refractivity contribution in [3.05, 3.63) is 15.9 Å². The Hall–Kier alpha value is -1.92. The highest BCUT2D eigenvalue weighted by molar-refractivity contribution is 5.62. The van der Waals surface area contributed by atoms with Crippen LogP contribution in [0.25, 0.3) is 0 Å². The number of hydrogen-bond acceptors (Lipinski definition) is 6. The molecule has 0 atom stereocenters. The van der Waals surface area contributed by atoms with E-state index in [1.165, 1.54) is 7.11 Å². The third kappa shape index (κ3) is 3.79. The maximum absolute atomic E-state index is 11.3. The van der Waals surface area contributed by atoms with Crippen molar-refractivity contribution in [2.24, 2.45) is 0 Å². The summed E-state index contributed by atoms with van der Waals surface area (Å²) in [5, 5.41) is 14.3. The number of nitrogens with one attached hydrogen (secondary N) is 1. The van der Waals surface area contributed by atoms with E-state index in [0.717, 1.165) is 0 Å². The number of rotatable bonds is 3. The summed E-state index contributed by atoms with van der Waals surface area (Å²) in [7, 11) is 1.36. The lowest BCUT2D eigenvalue weighted by molar-refractivity contribution is -0.385. The van der Waals surface area contributed by atoms with E-state index in [9.17, 15) is 10.1 Å². The minimum Gasteiger partial charge on any atom is -0.476 e. The van der Waals surface area contributed by atoms with Crippen molar-refractivity contribution in [2.45, 2.75) is 52.5 Å². The molecule has 0 saturated carbocycles. The Bertz CT molecular complexity index is 516. The molecule has 1 N–H and O–H groups in total. The minimum absolute atomic E-state index is 0.0262. The lowest BCUT2D eigenvalue weighted by atomic mass is 9.95. The van der Waals surface area contributed by atoms with Gasteiger partial charge in [0.15, 0.2) is 0 Å². The Labute approximate surface area is 118 Å². The average molecular weight is 282 g/mol. The van der Waals surface area contributed by atoms with Gasteiger partial charge in [-0.1, -0.05) is 20.8 Å². The van der Waals surface area contributed by atoms with E-state index in [4.69, 9.17) is 4.74 Å². The molecule has 1 aromatic heterocycles. The van der Waals surface area contributed by atoms with Crippen LogP contribution in [0.2, 0.25) is 0 Å². The summed E-state index contributed by atoms with van der Waals surface area (Å²) in [6.07, 6.45) is 0. The van der Waals surface area contributed by atoms with Gasteiger partial charge in [0.25, 0.3) is 5.88 Å². The summed E-state index contributed by atoms with van der Waals surface area (Å²) < 4.78 is 5.06. The van der Waals surface area contributed by atoms with Crippen LogP contribution in [0.1, 0.15) is 47.4 Å². The van der Waals surface area contributed by atoms with Crippen LogP contribution in [0.15, 0.2) is 0 Å². The van der Waals surface area contributed by atoms with E-state index < -0.39 is 4.92 Å². The molecule has 112 valence electrons. The second-order valence-electron chi connectivity index (χ2n) is 6.64. The number of hydrogen-bond donors (Lipinski definition) is 1. The lowest BCUT2D eigenvalue weighted by Gasteiger charge is -2.23. The zero-order chi connectivity index (χ0) is 15.7. The minimum atomic E-state index is -0.528. The standard InChI is InChI=1S/C13H22N4O3/c1-12(2,3)11-14-9(16-13(4,5)6)8(17(18)19)10(15-11)20-7/h1-7H3,(H,14,15,16). The molecule has 0 aromatic carbocycles. The predicted octanol–water partition coefficient (Wildman–Crippen LogP) is 2.90. The fourth-order valence-electron chi connectivity index (χ4n) is 1.52. The highest BCUT2D eigenvalue weighted by atomic mass is 16.6. The zero-order valence-corrected chi connectivity index (χ0v) is 13.1. The monoisotopic (exact) mass is 282 g/mol. The number of nitrogens with zero attached hydrogens (tertiary/aromatic N) is 3. The Morgan fingerprint density at radius 1 is 1.15 bits per heavy atom. The molecule has 0 aliphatic rings. The van der Waals surface area contributed by atoms with Crippen molar-refractivity contribution >= 4 is 11.5 Å². The number of methoxy groups -OCH3 is 1. The van der Waals surface area contributed by atoms with Crippen molar-refractivity contribution in [3.8, 4) is 5.88 Å². The molecule has 0 aliphatic heterocycles. The smallest absolute Gasteiger partial charge is 0.372 e. The van der Waals surface area contributed by atoms with Gasteiger partial charge >= 0.3 is 5.69 Å². The molecule has 1 heterocycles. The molecule has 0 unspecified atom stereocenters. The van der Waals surface area contributed by atoms with E-state index in [1.54, 1.807) is 0 Å². The largest absolute Gasteiger partial charge is 0.476 e. The van der Waals surface area contributed by atoms with Gasteiger partial charge in [-0.25, -0.2) is 4.98 Å². The average Bonchev–Trinajstić information content (AvgIpc) is 2.23. The van der Waals surface area contributed by atoms with Crippen molar-refractivity contribution in [1.82, 2.24) is 9.97 Å². The van der Waals surface area contributed by atoms with Gasteiger partial charge in [0.1, 0.15) is 5.82 Å². The predicted molar refractivity (Wildman–Crippen MR) is 77.3 cm³/mol. The van der Waals surface area contributed by atoms with Gasteiger partial charge in [-0.3, -0.25) is 10.1 Å². The molecule has 0 aliphatic carbocycles. The number of anilines is 1. The van der Waals surface area contributed by atoms with Crippen LogP contribution in [-0.4, -0.2) is 27.5 Å². The first-order chi connectivity index (χ1) is 8.95. The summed E-state index contributed by atoms with van der Waals surface area (Å²) in [6, 6.07) is 0. The lowest BCUT2D eigenvalue weighted by Crippen LogP contribution is -2.28. The summed E-state index contributed by atoms with van der Waals surface area (Å²) in [5.74, 6) is 0.646. The van der Waals surface area contributed by atoms with Gasteiger partial charge in [0.05, 0.1) is 12.0 Å². The van der Waals surface area contributed by atoms with Gasteiger partial charge in [-0.05, 0) is 20.8 Å². The fraction of sp³-hybridized carbons (Fsp3) is 0.692. The van der Waals surface area contributed by atoms with Gasteiger partial charge in [0.2, 0.25) is 5.82 Å². The molecule has 1 aromatic rings. The molecule has 0 fully saturated rings. The van der Waals surface area contributed by atoms with Gasteiger partial charge in [-0.2, -0.15) is 4.98 Å². The van der Waals surface area contributed by atoms with E-state index in [1.807, 2.05) is 41.5 Å². The quantitative estimate of drug-likeness (QED) is 0.677. The highest BCUT2D eigenvalue weighted by Crippen LogP contribution is 2.35. The Morgan fingerprint density at radius 2 is 1.70 bits per heavy atom. The summed E-state index contributed by atoms with van der Waals surface area (Å²) in [4.78, 5) is 19.2. The van der Waals surface area contributed by atoms with Crippen molar-refractivity contribution in [1.29, 1.82) is 0 Å². The van der Waals surface area contributed by atoms with Crippen LogP contribution in [0.4, 0.5) is 11.5 Å². The molecular formula is C13H22N4O3. The normalized spacial score (nSPS) is 12.2. The Balaban J connectivity index is 3.54. The first kappa shape index (κ1) is 16.1. The SMILES string of the molecule is COc1nc(C(C)(C)C)nc(NC(C)(C)C)c1[N+](=O)[O-]. The van der Waals surface area contributed by atoms with E-state index in [2.05, 4.69) is 15.3 Å².